The SMILES string of the molecule is C[C@H](O)[C@H](N)c1cccc(Br)c1. The summed E-state index contributed by atoms with van der Waals surface area (Å²) in [7, 11) is 0. The highest BCUT2D eigenvalue weighted by Crippen LogP contribution is 2.18. The average molecular weight is 230 g/mol. The van der Waals surface area contributed by atoms with Crippen LogP contribution in [0, 0.1) is 0 Å². The number of nitrogens with two attached hydrogens (primary N) is 1. The van der Waals surface area contributed by atoms with E-state index in [1.165, 1.54) is 0 Å². The highest BCUT2D eigenvalue weighted by atomic mass is 79.9. The molecule has 0 heterocycles. The summed E-state index contributed by atoms with van der Waals surface area (Å²) in [4.78, 5) is 0. The molecular formula is C9H12BrNO. The van der Waals surface area contributed by atoms with Crippen molar-refractivity contribution in [1.82, 2.24) is 0 Å². The lowest BCUT2D eigenvalue weighted by Gasteiger charge is -2.14. The van der Waals surface area contributed by atoms with Crippen LogP contribution >= 0.6 is 15.9 Å². The van der Waals surface area contributed by atoms with Crippen LogP contribution < -0.4 is 5.73 Å². The van der Waals surface area contributed by atoms with Gasteiger partial charge in [-0.05, 0) is 24.6 Å². The lowest BCUT2D eigenvalue weighted by molar-refractivity contribution is 0.164. The van der Waals surface area contributed by atoms with Crippen molar-refractivity contribution in [3.05, 3.63) is 34.3 Å². The van der Waals surface area contributed by atoms with E-state index in [0.29, 0.717) is 0 Å². The Kier molecular flexibility index (Phi) is 3.26. The van der Waals surface area contributed by atoms with E-state index in [-0.39, 0.29) is 6.04 Å². The Morgan fingerprint density at radius 1 is 1.50 bits per heavy atom. The van der Waals surface area contributed by atoms with Gasteiger partial charge in [-0.1, -0.05) is 28.1 Å². The van der Waals surface area contributed by atoms with E-state index >= 15 is 0 Å². The van der Waals surface area contributed by atoms with Gasteiger partial charge in [0.15, 0.2) is 0 Å². The van der Waals surface area contributed by atoms with Gasteiger partial charge in [-0.15, -0.1) is 0 Å². The summed E-state index contributed by atoms with van der Waals surface area (Å²) in [6.07, 6.45) is -0.515. The number of hydrogen-bond donors (Lipinski definition) is 2. The van der Waals surface area contributed by atoms with Gasteiger partial charge in [0, 0.05) is 4.47 Å². The van der Waals surface area contributed by atoms with E-state index in [1.54, 1.807) is 6.92 Å². The van der Waals surface area contributed by atoms with E-state index in [4.69, 9.17) is 5.73 Å². The number of aliphatic hydroxyl groups excluding tert-OH is 1. The maximum atomic E-state index is 9.22. The molecule has 0 amide bonds. The quantitative estimate of drug-likeness (QED) is 0.814. The van der Waals surface area contributed by atoms with Crippen LogP contribution in [0.3, 0.4) is 0 Å². The van der Waals surface area contributed by atoms with E-state index in [1.807, 2.05) is 24.3 Å². The molecule has 0 unspecified atom stereocenters. The summed E-state index contributed by atoms with van der Waals surface area (Å²) >= 11 is 3.34. The molecule has 0 aliphatic rings. The van der Waals surface area contributed by atoms with Gasteiger partial charge >= 0.3 is 0 Å². The van der Waals surface area contributed by atoms with Gasteiger partial charge in [-0.3, -0.25) is 0 Å². The summed E-state index contributed by atoms with van der Waals surface area (Å²) in [5.41, 5.74) is 6.68. The van der Waals surface area contributed by atoms with Crippen molar-refractivity contribution in [2.24, 2.45) is 5.73 Å². The summed E-state index contributed by atoms with van der Waals surface area (Å²) in [6, 6.07) is 7.35. The zero-order valence-corrected chi connectivity index (χ0v) is 8.45. The first-order chi connectivity index (χ1) is 5.61. The first kappa shape index (κ1) is 9.71. The normalized spacial score (nSPS) is 15.7. The Labute approximate surface area is 80.5 Å². The Morgan fingerprint density at radius 3 is 2.67 bits per heavy atom. The Balaban J connectivity index is 2.88. The lowest BCUT2D eigenvalue weighted by atomic mass is 10.0. The molecule has 0 spiro atoms. The molecule has 3 N–H and O–H groups in total. The molecule has 1 aromatic rings. The van der Waals surface area contributed by atoms with Crippen molar-refractivity contribution < 1.29 is 5.11 Å². The standard InChI is InChI=1S/C9H12BrNO/c1-6(12)9(11)7-3-2-4-8(10)5-7/h2-6,9,12H,11H2,1H3/t6-,9-/m0/s1. The van der Waals surface area contributed by atoms with Crippen LogP contribution in [0.2, 0.25) is 0 Å². The molecule has 2 nitrogen and oxygen atoms in total. The van der Waals surface area contributed by atoms with Crippen molar-refractivity contribution >= 4 is 15.9 Å². The van der Waals surface area contributed by atoms with Crippen molar-refractivity contribution in [3.63, 3.8) is 0 Å². The maximum Gasteiger partial charge on any atom is 0.0704 e. The number of benzene rings is 1. The van der Waals surface area contributed by atoms with Crippen LogP contribution in [0.1, 0.15) is 18.5 Å². The molecule has 1 rings (SSSR count). The summed E-state index contributed by atoms with van der Waals surface area (Å²) in [6.45, 7) is 1.69. The number of halogens is 1. The van der Waals surface area contributed by atoms with Crippen molar-refractivity contribution in [2.45, 2.75) is 19.1 Å². The van der Waals surface area contributed by atoms with Gasteiger partial charge in [0.25, 0.3) is 0 Å². The molecule has 0 saturated carbocycles. The average Bonchev–Trinajstić information content (AvgIpc) is 2.03. The van der Waals surface area contributed by atoms with E-state index < -0.39 is 6.10 Å². The van der Waals surface area contributed by atoms with Gasteiger partial charge in [-0.2, -0.15) is 0 Å². The van der Waals surface area contributed by atoms with Crippen LogP contribution in [0.15, 0.2) is 28.7 Å². The largest absolute Gasteiger partial charge is 0.391 e. The van der Waals surface area contributed by atoms with Crippen molar-refractivity contribution in [3.8, 4) is 0 Å². The topological polar surface area (TPSA) is 46.2 Å². The van der Waals surface area contributed by atoms with Crippen molar-refractivity contribution in [2.75, 3.05) is 0 Å². The molecule has 0 radical (unpaired) electrons. The molecule has 0 aliphatic carbocycles. The molecule has 3 heteroatoms. The predicted octanol–water partition coefficient (Wildman–Crippen LogP) is 1.83. The second kappa shape index (κ2) is 4.03. The lowest BCUT2D eigenvalue weighted by Crippen LogP contribution is -2.22. The van der Waals surface area contributed by atoms with Gasteiger partial charge in [0.05, 0.1) is 12.1 Å². The van der Waals surface area contributed by atoms with Gasteiger partial charge in [0.2, 0.25) is 0 Å². The highest BCUT2D eigenvalue weighted by molar-refractivity contribution is 9.10. The van der Waals surface area contributed by atoms with Crippen LogP contribution in [-0.2, 0) is 0 Å². The molecular weight excluding hydrogens is 218 g/mol. The van der Waals surface area contributed by atoms with Crippen LogP contribution in [0.25, 0.3) is 0 Å². The zero-order chi connectivity index (χ0) is 9.14. The monoisotopic (exact) mass is 229 g/mol. The number of aliphatic hydroxyl groups is 1. The number of hydrogen-bond acceptors (Lipinski definition) is 2. The van der Waals surface area contributed by atoms with Crippen molar-refractivity contribution in [1.29, 1.82) is 0 Å². The molecule has 2 atom stereocenters. The minimum absolute atomic E-state index is 0.303. The molecule has 0 aromatic heterocycles. The highest BCUT2D eigenvalue weighted by Gasteiger charge is 2.11. The van der Waals surface area contributed by atoms with Gasteiger partial charge < -0.3 is 10.8 Å². The third-order valence-electron chi connectivity index (χ3n) is 1.75. The van der Waals surface area contributed by atoms with E-state index in [0.717, 1.165) is 10.0 Å². The third-order valence-corrected chi connectivity index (χ3v) is 2.25. The number of rotatable bonds is 2. The summed E-state index contributed by atoms with van der Waals surface area (Å²) in [5, 5.41) is 9.22. The van der Waals surface area contributed by atoms with Gasteiger partial charge in [-0.25, -0.2) is 0 Å². The molecule has 12 heavy (non-hydrogen) atoms. The van der Waals surface area contributed by atoms with E-state index in [9.17, 15) is 5.11 Å². The van der Waals surface area contributed by atoms with Gasteiger partial charge in [0.1, 0.15) is 0 Å². The minimum atomic E-state index is -0.515. The Bertz CT molecular complexity index is 262. The molecule has 0 aliphatic heterocycles. The predicted molar refractivity (Wildman–Crippen MR) is 52.8 cm³/mol. The zero-order valence-electron chi connectivity index (χ0n) is 6.87. The Hall–Kier alpha value is -0.380. The summed E-state index contributed by atoms with van der Waals surface area (Å²) in [5.74, 6) is 0. The third kappa shape index (κ3) is 2.30. The second-order valence-electron chi connectivity index (χ2n) is 2.82. The Morgan fingerprint density at radius 2 is 2.17 bits per heavy atom. The maximum absolute atomic E-state index is 9.22. The van der Waals surface area contributed by atoms with Crippen LogP contribution in [-0.4, -0.2) is 11.2 Å². The molecule has 66 valence electrons. The molecule has 0 saturated heterocycles. The first-order valence-corrected chi connectivity index (χ1v) is 4.59. The second-order valence-corrected chi connectivity index (χ2v) is 3.74. The van der Waals surface area contributed by atoms with E-state index in [2.05, 4.69) is 15.9 Å². The van der Waals surface area contributed by atoms with Crippen LogP contribution in [0.5, 0.6) is 0 Å². The minimum Gasteiger partial charge on any atom is -0.391 e. The van der Waals surface area contributed by atoms with Crippen LogP contribution in [0.4, 0.5) is 0 Å². The first-order valence-electron chi connectivity index (χ1n) is 3.80. The molecule has 0 fully saturated rings. The smallest absolute Gasteiger partial charge is 0.0704 e. The fourth-order valence-corrected chi connectivity index (χ4v) is 1.41. The molecule has 1 aromatic carbocycles. The molecule has 0 bridgehead atoms. The fourth-order valence-electron chi connectivity index (χ4n) is 0.992. The fraction of sp³-hybridized carbons (Fsp3) is 0.333. The summed E-state index contributed by atoms with van der Waals surface area (Å²) < 4.78 is 0.983.